The summed E-state index contributed by atoms with van der Waals surface area (Å²) in [6.45, 7) is 0. The van der Waals surface area contributed by atoms with Crippen LogP contribution in [0.3, 0.4) is 0 Å². The minimum absolute atomic E-state index is 0.201. The Hall–Kier alpha value is -3.38. The molecule has 0 saturated carbocycles. The van der Waals surface area contributed by atoms with Gasteiger partial charge in [-0.25, -0.2) is 0 Å². The van der Waals surface area contributed by atoms with Crippen molar-refractivity contribution in [1.82, 2.24) is 0 Å². The summed E-state index contributed by atoms with van der Waals surface area (Å²) in [6.07, 6.45) is 1.79. The van der Waals surface area contributed by atoms with E-state index in [9.17, 15) is 14.4 Å². The van der Waals surface area contributed by atoms with Gasteiger partial charge in [-0.05, 0) is 42.7 Å². The van der Waals surface area contributed by atoms with E-state index in [0.29, 0.717) is 44.1 Å². The lowest BCUT2D eigenvalue weighted by Crippen LogP contribution is -2.24. The molecular formula is C23H17NO4S. The fraction of sp³-hybridized carbons (Fsp3) is 0.0870. The standard InChI is InChI=1S/C23H17NO4S/c1-28-14-9-7-13(8-10-14)24-23(27)18-12-11-17-19(22(18)29-2)21(26)16-6-4-3-5-15(16)20(17)25/h3-12H,1-2H3,(H,24,27). The molecule has 1 N–H and O–H groups in total. The van der Waals surface area contributed by atoms with Gasteiger partial charge in [0.15, 0.2) is 11.6 Å². The fourth-order valence-corrected chi connectivity index (χ4v) is 4.21. The highest BCUT2D eigenvalue weighted by Gasteiger charge is 2.33. The highest BCUT2D eigenvalue weighted by atomic mass is 32.2. The van der Waals surface area contributed by atoms with Crippen LogP contribution in [0.2, 0.25) is 0 Å². The first kappa shape index (κ1) is 19.0. The molecule has 4 rings (SSSR count). The molecule has 0 saturated heterocycles. The number of carbonyl (C=O) groups is 3. The maximum Gasteiger partial charge on any atom is 0.256 e. The van der Waals surface area contributed by atoms with E-state index in [1.54, 1.807) is 74.0 Å². The molecule has 0 unspecified atom stereocenters. The maximum atomic E-state index is 13.1. The molecule has 1 aliphatic carbocycles. The van der Waals surface area contributed by atoms with Gasteiger partial charge in [-0.2, -0.15) is 0 Å². The van der Waals surface area contributed by atoms with Gasteiger partial charge in [0.2, 0.25) is 0 Å². The molecule has 3 aromatic carbocycles. The lowest BCUT2D eigenvalue weighted by atomic mass is 9.83. The first-order valence-electron chi connectivity index (χ1n) is 8.90. The number of fused-ring (bicyclic) bond motifs is 2. The second-order valence-corrected chi connectivity index (χ2v) is 7.27. The van der Waals surface area contributed by atoms with Crippen molar-refractivity contribution in [3.8, 4) is 5.75 Å². The Labute approximate surface area is 172 Å². The summed E-state index contributed by atoms with van der Waals surface area (Å²) in [4.78, 5) is 39.4. The maximum absolute atomic E-state index is 13.1. The van der Waals surface area contributed by atoms with Crippen molar-refractivity contribution >= 4 is 34.9 Å². The summed E-state index contributed by atoms with van der Waals surface area (Å²) in [5.74, 6) is -0.1000. The predicted octanol–water partition coefficient (Wildman–Crippen LogP) is 4.44. The smallest absolute Gasteiger partial charge is 0.256 e. The van der Waals surface area contributed by atoms with Crippen LogP contribution in [0, 0.1) is 0 Å². The summed E-state index contributed by atoms with van der Waals surface area (Å²) in [5, 5.41) is 2.83. The molecule has 5 nitrogen and oxygen atoms in total. The van der Waals surface area contributed by atoms with Gasteiger partial charge in [0.25, 0.3) is 5.91 Å². The van der Waals surface area contributed by atoms with Crippen molar-refractivity contribution in [2.75, 3.05) is 18.7 Å². The summed E-state index contributed by atoms with van der Waals surface area (Å²) in [6, 6.07) is 16.9. The second kappa shape index (κ2) is 7.56. The van der Waals surface area contributed by atoms with Crippen molar-refractivity contribution in [3.05, 3.63) is 88.5 Å². The highest BCUT2D eigenvalue weighted by molar-refractivity contribution is 7.98. The zero-order chi connectivity index (χ0) is 20.5. The number of carbonyl (C=O) groups excluding carboxylic acids is 3. The molecule has 3 aromatic rings. The number of ether oxygens (including phenoxy) is 1. The van der Waals surface area contributed by atoms with E-state index in [4.69, 9.17) is 4.74 Å². The minimum atomic E-state index is -0.346. The molecule has 0 bridgehead atoms. The van der Waals surface area contributed by atoms with E-state index < -0.39 is 0 Å². The van der Waals surface area contributed by atoms with Gasteiger partial charge in [0, 0.05) is 32.8 Å². The van der Waals surface area contributed by atoms with Crippen LogP contribution >= 0.6 is 11.8 Å². The molecule has 6 heteroatoms. The van der Waals surface area contributed by atoms with Gasteiger partial charge in [0.05, 0.1) is 12.7 Å². The molecule has 0 spiro atoms. The summed E-state index contributed by atoms with van der Waals surface area (Å²) in [7, 11) is 1.57. The Bertz CT molecular complexity index is 1150. The third-order valence-electron chi connectivity index (χ3n) is 4.84. The van der Waals surface area contributed by atoms with Crippen molar-refractivity contribution in [1.29, 1.82) is 0 Å². The number of ketones is 2. The zero-order valence-electron chi connectivity index (χ0n) is 15.8. The van der Waals surface area contributed by atoms with E-state index in [0.717, 1.165) is 0 Å². The topological polar surface area (TPSA) is 72.5 Å². The number of amides is 1. The van der Waals surface area contributed by atoms with E-state index in [-0.39, 0.29) is 17.5 Å². The highest BCUT2D eigenvalue weighted by Crippen LogP contribution is 2.35. The van der Waals surface area contributed by atoms with Crippen LogP contribution in [0.1, 0.15) is 42.2 Å². The Morgan fingerprint density at radius 3 is 2.14 bits per heavy atom. The molecule has 0 fully saturated rings. The zero-order valence-corrected chi connectivity index (χ0v) is 16.6. The minimum Gasteiger partial charge on any atom is -0.497 e. The van der Waals surface area contributed by atoms with Gasteiger partial charge in [-0.15, -0.1) is 11.8 Å². The summed E-state index contributed by atoms with van der Waals surface area (Å²) >= 11 is 1.28. The van der Waals surface area contributed by atoms with Crippen molar-refractivity contribution in [2.24, 2.45) is 0 Å². The number of hydrogen-bond acceptors (Lipinski definition) is 5. The average Bonchev–Trinajstić information content (AvgIpc) is 2.76. The second-order valence-electron chi connectivity index (χ2n) is 6.46. The van der Waals surface area contributed by atoms with E-state index >= 15 is 0 Å². The SMILES string of the molecule is COc1ccc(NC(=O)c2ccc3c(c2SC)C(=O)c2ccccc2C3=O)cc1. The monoisotopic (exact) mass is 403 g/mol. The quantitative estimate of drug-likeness (QED) is 0.510. The molecule has 0 atom stereocenters. The molecule has 0 radical (unpaired) electrons. The largest absolute Gasteiger partial charge is 0.497 e. The van der Waals surface area contributed by atoms with Crippen LogP contribution in [-0.4, -0.2) is 30.8 Å². The Kier molecular flexibility index (Phi) is 4.94. The van der Waals surface area contributed by atoms with Crippen LogP contribution in [0.5, 0.6) is 5.75 Å². The Balaban J connectivity index is 1.75. The molecule has 0 aromatic heterocycles. The van der Waals surface area contributed by atoms with Gasteiger partial charge >= 0.3 is 0 Å². The Morgan fingerprint density at radius 1 is 0.862 bits per heavy atom. The van der Waals surface area contributed by atoms with Crippen molar-refractivity contribution < 1.29 is 19.1 Å². The number of benzene rings is 3. The number of nitrogens with one attached hydrogen (secondary N) is 1. The van der Waals surface area contributed by atoms with Gasteiger partial charge < -0.3 is 10.1 Å². The van der Waals surface area contributed by atoms with Crippen LogP contribution in [-0.2, 0) is 0 Å². The average molecular weight is 403 g/mol. The van der Waals surface area contributed by atoms with Crippen LogP contribution in [0.4, 0.5) is 5.69 Å². The summed E-state index contributed by atoms with van der Waals surface area (Å²) < 4.78 is 5.12. The molecule has 0 heterocycles. The number of rotatable bonds is 4. The number of methoxy groups -OCH3 is 1. The third-order valence-corrected chi connectivity index (χ3v) is 5.67. The molecule has 1 amide bonds. The van der Waals surface area contributed by atoms with Gasteiger partial charge in [0.1, 0.15) is 5.75 Å². The molecule has 29 heavy (non-hydrogen) atoms. The predicted molar refractivity (Wildman–Crippen MR) is 112 cm³/mol. The van der Waals surface area contributed by atoms with Gasteiger partial charge in [-0.1, -0.05) is 24.3 Å². The normalized spacial score (nSPS) is 12.2. The van der Waals surface area contributed by atoms with E-state index in [1.807, 2.05) is 0 Å². The van der Waals surface area contributed by atoms with E-state index in [2.05, 4.69) is 5.32 Å². The fourth-order valence-electron chi connectivity index (χ4n) is 3.42. The molecule has 144 valence electrons. The van der Waals surface area contributed by atoms with Crippen molar-refractivity contribution in [3.63, 3.8) is 0 Å². The lowest BCUT2D eigenvalue weighted by molar-refractivity contribution is 0.0975. The van der Waals surface area contributed by atoms with Crippen LogP contribution in [0.25, 0.3) is 0 Å². The van der Waals surface area contributed by atoms with Crippen molar-refractivity contribution in [2.45, 2.75) is 4.90 Å². The number of thioether (sulfide) groups is 1. The first-order valence-corrected chi connectivity index (χ1v) is 10.1. The lowest BCUT2D eigenvalue weighted by Gasteiger charge is -2.21. The molecular weight excluding hydrogens is 386 g/mol. The Morgan fingerprint density at radius 2 is 1.52 bits per heavy atom. The van der Waals surface area contributed by atoms with Crippen LogP contribution < -0.4 is 10.1 Å². The summed E-state index contributed by atoms with van der Waals surface area (Å²) in [5.41, 5.74) is 2.35. The number of anilines is 1. The molecule has 1 aliphatic rings. The molecule has 0 aliphatic heterocycles. The third kappa shape index (κ3) is 3.21. The van der Waals surface area contributed by atoms with Crippen LogP contribution in [0.15, 0.2) is 65.6 Å². The first-order chi connectivity index (χ1) is 14.0. The van der Waals surface area contributed by atoms with Gasteiger partial charge in [-0.3, -0.25) is 14.4 Å². The van der Waals surface area contributed by atoms with E-state index in [1.165, 1.54) is 11.8 Å². The number of hydrogen-bond donors (Lipinski definition) is 1.